The number of halogens is 4. The molecule has 1 aliphatic rings. The molecule has 0 unspecified atom stereocenters. The number of carboxylic acid groups (broad SMARTS) is 1. The molecule has 2 atom stereocenters. The first-order chi connectivity index (χ1) is 9.25. The van der Waals surface area contributed by atoms with Crippen LogP contribution in [-0.4, -0.2) is 17.2 Å². The monoisotopic (exact) mass is 307 g/mol. The Kier molecular flexibility index (Phi) is 3.86. The topological polar surface area (TPSA) is 40.5 Å². The molecule has 1 amide bonds. The van der Waals surface area contributed by atoms with Crippen molar-refractivity contribution >= 4 is 23.4 Å². The second kappa shape index (κ2) is 5.16. The molecule has 110 valence electrons. The van der Waals surface area contributed by atoms with Crippen LogP contribution < -0.4 is 4.90 Å². The van der Waals surface area contributed by atoms with E-state index in [1.807, 2.05) is 6.92 Å². The second-order valence-corrected chi connectivity index (χ2v) is 5.22. The van der Waals surface area contributed by atoms with Gasteiger partial charge in [0.2, 0.25) is 0 Å². The van der Waals surface area contributed by atoms with E-state index in [9.17, 15) is 23.1 Å². The molecular weight excluding hydrogens is 295 g/mol. The van der Waals surface area contributed by atoms with Crippen molar-refractivity contribution in [2.24, 2.45) is 0 Å². The van der Waals surface area contributed by atoms with Crippen LogP contribution in [0, 0.1) is 0 Å². The fourth-order valence-electron chi connectivity index (χ4n) is 2.48. The number of nitrogens with zero attached hydrogens (tertiary/aromatic N) is 1. The summed E-state index contributed by atoms with van der Waals surface area (Å²) in [5, 5.41) is 8.64. The quantitative estimate of drug-likeness (QED) is 0.767. The smallest absolute Gasteiger partial charge is 0.416 e. The summed E-state index contributed by atoms with van der Waals surface area (Å²) in [6.45, 7) is 1.82. The van der Waals surface area contributed by atoms with Crippen molar-refractivity contribution in [3.8, 4) is 0 Å². The van der Waals surface area contributed by atoms with Crippen molar-refractivity contribution in [2.75, 3.05) is 4.90 Å². The second-order valence-electron chi connectivity index (χ2n) is 4.69. The highest BCUT2D eigenvalue weighted by atomic mass is 35.5. The van der Waals surface area contributed by atoms with Crippen molar-refractivity contribution in [2.45, 2.75) is 37.4 Å². The Morgan fingerprint density at radius 2 is 2.15 bits per heavy atom. The number of benzene rings is 1. The van der Waals surface area contributed by atoms with Gasteiger partial charge >= 0.3 is 12.3 Å². The molecule has 1 aromatic carbocycles. The van der Waals surface area contributed by atoms with Gasteiger partial charge in [-0.3, -0.25) is 4.90 Å². The first-order valence-electron chi connectivity index (χ1n) is 6.13. The lowest BCUT2D eigenvalue weighted by atomic mass is 9.92. The fourth-order valence-corrected chi connectivity index (χ4v) is 2.86. The lowest BCUT2D eigenvalue weighted by molar-refractivity contribution is -0.137. The molecule has 0 fully saturated rings. The number of alkyl halides is 4. The molecular formula is C13H13ClF3NO2. The van der Waals surface area contributed by atoms with Gasteiger partial charge in [0, 0.05) is 6.04 Å². The molecule has 2 rings (SSSR count). The molecule has 1 heterocycles. The SMILES string of the molecule is CC[C@@H]1C[C@H](Cl)c2cc(C(F)(F)F)ccc2N1C(=O)O. The van der Waals surface area contributed by atoms with Gasteiger partial charge in [-0.1, -0.05) is 6.92 Å². The zero-order valence-corrected chi connectivity index (χ0v) is 11.4. The third kappa shape index (κ3) is 2.57. The molecule has 20 heavy (non-hydrogen) atoms. The molecule has 3 nitrogen and oxygen atoms in total. The van der Waals surface area contributed by atoms with Crippen LogP contribution in [0.15, 0.2) is 18.2 Å². The maximum atomic E-state index is 12.7. The third-order valence-corrected chi connectivity index (χ3v) is 3.89. The van der Waals surface area contributed by atoms with Gasteiger partial charge in [-0.15, -0.1) is 11.6 Å². The van der Waals surface area contributed by atoms with Gasteiger partial charge in [0.05, 0.1) is 16.6 Å². The zero-order valence-electron chi connectivity index (χ0n) is 10.6. The van der Waals surface area contributed by atoms with Gasteiger partial charge in [0.25, 0.3) is 0 Å². The molecule has 0 aromatic heterocycles. The Labute approximate surface area is 118 Å². The molecule has 1 aliphatic heterocycles. The van der Waals surface area contributed by atoms with Crippen molar-refractivity contribution in [3.63, 3.8) is 0 Å². The van der Waals surface area contributed by atoms with Crippen LogP contribution in [0.4, 0.5) is 23.7 Å². The minimum atomic E-state index is -4.47. The first-order valence-corrected chi connectivity index (χ1v) is 6.56. The van der Waals surface area contributed by atoms with Gasteiger partial charge in [0.15, 0.2) is 0 Å². The van der Waals surface area contributed by atoms with Crippen LogP contribution in [0.1, 0.15) is 36.3 Å². The zero-order chi connectivity index (χ0) is 15.1. The van der Waals surface area contributed by atoms with Crippen molar-refractivity contribution in [1.29, 1.82) is 0 Å². The number of fused-ring (bicyclic) bond motifs is 1. The first kappa shape index (κ1) is 15.0. The van der Waals surface area contributed by atoms with E-state index in [4.69, 9.17) is 11.6 Å². The van der Waals surface area contributed by atoms with E-state index in [0.29, 0.717) is 12.8 Å². The molecule has 7 heteroatoms. The third-order valence-electron chi connectivity index (χ3n) is 3.47. The molecule has 0 radical (unpaired) electrons. The normalized spacial score (nSPS) is 22.6. The summed E-state index contributed by atoms with van der Waals surface area (Å²) in [5.41, 5.74) is -0.362. The van der Waals surface area contributed by atoms with Gasteiger partial charge < -0.3 is 5.11 Å². The van der Waals surface area contributed by atoms with Crippen LogP contribution in [0.3, 0.4) is 0 Å². The fraction of sp³-hybridized carbons (Fsp3) is 0.462. The summed E-state index contributed by atoms with van der Waals surface area (Å²) < 4.78 is 38.1. The van der Waals surface area contributed by atoms with E-state index >= 15 is 0 Å². The lowest BCUT2D eigenvalue weighted by Gasteiger charge is -2.37. The average molecular weight is 308 g/mol. The predicted octanol–water partition coefficient (Wildman–Crippen LogP) is 4.65. The van der Waals surface area contributed by atoms with E-state index in [-0.39, 0.29) is 17.3 Å². The summed E-state index contributed by atoms with van der Waals surface area (Å²) in [6, 6.07) is 2.69. The summed E-state index contributed by atoms with van der Waals surface area (Å²) in [6.07, 6.45) is -4.79. The van der Waals surface area contributed by atoms with Gasteiger partial charge in [-0.25, -0.2) is 4.79 Å². The number of amides is 1. The van der Waals surface area contributed by atoms with Crippen molar-refractivity contribution in [1.82, 2.24) is 0 Å². The minimum Gasteiger partial charge on any atom is -0.465 e. The largest absolute Gasteiger partial charge is 0.465 e. The summed E-state index contributed by atoms with van der Waals surface area (Å²) in [7, 11) is 0. The molecule has 1 N–H and O–H groups in total. The van der Waals surface area contributed by atoms with E-state index < -0.39 is 23.2 Å². The Balaban J connectivity index is 2.54. The number of hydrogen-bond donors (Lipinski definition) is 1. The maximum absolute atomic E-state index is 12.7. The Hall–Kier alpha value is -1.43. The predicted molar refractivity (Wildman–Crippen MR) is 69.2 cm³/mol. The van der Waals surface area contributed by atoms with Crippen molar-refractivity contribution < 1.29 is 23.1 Å². The van der Waals surface area contributed by atoms with Crippen LogP contribution >= 0.6 is 11.6 Å². The maximum Gasteiger partial charge on any atom is 0.416 e. The number of carbonyl (C=O) groups is 1. The summed E-state index contributed by atoms with van der Waals surface area (Å²) in [4.78, 5) is 12.4. The Morgan fingerprint density at radius 1 is 1.50 bits per heavy atom. The molecule has 0 aliphatic carbocycles. The summed E-state index contributed by atoms with van der Waals surface area (Å²) in [5.74, 6) is 0. The molecule has 0 saturated carbocycles. The van der Waals surface area contributed by atoms with Crippen molar-refractivity contribution in [3.05, 3.63) is 29.3 Å². The van der Waals surface area contributed by atoms with Crippen LogP contribution in [0.5, 0.6) is 0 Å². The van der Waals surface area contributed by atoms with Crippen LogP contribution in [0.25, 0.3) is 0 Å². The van der Waals surface area contributed by atoms with E-state index in [1.54, 1.807) is 0 Å². The molecule has 0 saturated heterocycles. The minimum absolute atomic E-state index is 0.216. The lowest BCUT2D eigenvalue weighted by Crippen LogP contribution is -2.43. The van der Waals surface area contributed by atoms with E-state index in [0.717, 1.165) is 17.0 Å². The highest BCUT2D eigenvalue weighted by Crippen LogP contribution is 2.44. The molecule has 1 aromatic rings. The number of hydrogen-bond acceptors (Lipinski definition) is 1. The number of rotatable bonds is 1. The molecule has 0 bridgehead atoms. The Bertz CT molecular complexity index is 533. The Morgan fingerprint density at radius 3 is 2.65 bits per heavy atom. The highest BCUT2D eigenvalue weighted by Gasteiger charge is 2.37. The average Bonchev–Trinajstić information content (AvgIpc) is 2.36. The highest BCUT2D eigenvalue weighted by molar-refractivity contribution is 6.21. The molecule has 0 spiro atoms. The summed E-state index contributed by atoms with van der Waals surface area (Å²) >= 11 is 6.13. The van der Waals surface area contributed by atoms with Gasteiger partial charge in [-0.05, 0) is 36.6 Å². The van der Waals surface area contributed by atoms with E-state index in [1.165, 1.54) is 6.07 Å². The van der Waals surface area contributed by atoms with Gasteiger partial charge in [0.1, 0.15) is 0 Å². The number of anilines is 1. The van der Waals surface area contributed by atoms with E-state index in [2.05, 4.69) is 0 Å². The standard InChI is InChI=1S/C13H13ClF3NO2/c1-2-8-6-10(14)9-5-7(13(15,16)17)3-4-11(9)18(8)12(19)20/h3-5,8,10H,2,6H2,1H3,(H,19,20)/t8-,10+/m1/s1. The van der Waals surface area contributed by atoms with Crippen LogP contribution in [-0.2, 0) is 6.18 Å². The van der Waals surface area contributed by atoms with Crippen LogP contribution in [0.2, 0.25) is 0 Å². The van der Waals surface area contributed by atoms with Gasteiger partial charge in [-0.2, -0.15) is 13.2 Å².